The van der Waals surface area contributed by atoms with E-state index < -0.39 is 0 Å². The molecular weight excluding hydrogens is 466 g/mol. The molecule has 4 nitrogen and oxygen atoms in total. The highest BCUT2D eigenvalue weighted by molar-refractivity contribution is 7.98. The number of benzene rings is 4. The molecule has 0 radical (unpaired) electrons. The Morgan fingerprint density at radius 3 is 2.53 bits per heavy atom. The van der Waals surface area contributed by atoms with Gasteiger partial charge in [-0.25, -0.2) is 0 Å². The number of likely N-dealkylation sites (tertiary alicyclic amines) is 1. The van der Waals surface area contributed by atoms with E-state index in [0.717, 1.165) is 45.5 Å². The fourth-order valence-electron chi connectivity index (χ4n) is 5.44. The minimum absolute atomic E-state index is 0.250. The fourth-order valence-corrected chi connectivity index (χ4v) is 5.87. The molecule has 2 heterocycles. The van der Waals surface area contributed by atoms with Crippen molar-refractivity contribution in [2.24, 2.45) is 0 Å². The number of rotatable bonds is 6. The molecule has 2 aliphatic heterocycles. The van der Waals surface area contributed by atoms with Gasteiger partial charge < -0.3 is 14.6 Å². The van der Waals surface area contributed by atoms with Crippen LogP contribution in [-0.2, 0) is 0 Å². The predicted molar refractivity (Wildman–Crippen MR) is 148 cm³/mol. The molecule has 184 valence electrons. The van der Waals surface area contributed by atoms with Crippen LogP contribution in [0.3, 0.4) is 0 Å². The standard InChI is InChI=1S/C31H31NO3S/c1-36-25-11-14-27-28-12-7-22-19-23(33)8-13-26(22)30(28)31(35-29(27)20-25)21-5-9-24(10-6-21)34-18-17-32-15-3-2-4-16-32/h5-14,19-20,31,33H,2-4,15-18H2,1H3. The Morgan fingerprint density at radius 2 is 1.72 bits per heavy atom. The molecule has 0 spiro atoms. The molecule has 36 heavy (non-hydrogen) atoms. The van der Waals surface area contributed by atoms with Gasteiger partial charge in [-0.2, -0.15) is 0 Å². The first-order valence-electron chi connectivity index (χ1n) is 12.8. The monoisotopic (exact) mass is 497 g/mol. The summed E-state index contributed by atoms with van der Waals surface area (Å²) in [6.45, 7) is 4.06. The molecule has 1 saturated heterocycles. The maximum atomic E-state index is 10.1. The highest BCUT2D eigenvalue weighted by Crippen LogP contribution is 2.48. The Morgan fingerprint density at radius 1 is 0.917 bits per heavy atom. The lowest BCUT2D eigenvalue weighted by Crippen LogP contribution is -2.33. The number of hydrogen-bond acceptors (Lipinski definition) is 5. The van der Waals surface area contributed by atoms with Gasteiger partial charge in [-0.1, -0.05) is 36.8 Å². The van der Waals surface area contributed by atoms with Crippen LogP contribution in [0.15, 0.2) is 77.7 Å². The summed E-state index contributed by atoms with van der Waals surface area (Å²) in [6.07, 6.45) is 5.78. The molecule has 1 fully saturated rings. The lowest BCUT2D eigenvalue weighted by molar-refractivity contribution is 0.183. The van der Waals surface area contributed by atoms with Crippen molar-refractivity contribution >= 4 is 22.5 Å². The van der Waals surface area contributed by atoms with E-state index in [4.69, 9.17) is 9.47 Å². The lowest BCUT2D eigenvalue weighted by Gasteiger charge is -2.31. The number of piperidine rings is 1. The Labute approximate surface area is 216 Å². The van der Waals surface area contributed by atoms with E-state index in [-0.39, 0.29) is 11.9 Å². The van der Waals surface area contributed by atoms with Crippen molar-refractivity contribution in [1.82, 2.24) is 4.90 Å². The quantitative estimate of drug-likeness (QED) is 0.284. The number of ether oxygens (including phenoxy) is 2. The molecule has 1 N–H and O–H groups in total. The summed E-state index contributed by atoms with van der Waals surface area (Å²) >= 11 is 1.72. The Balaban J connectivity index is 1.32. The van der Waals surface area contributed by atoms with Gasteiger partial charge in [0.05, 0.1) is 0 Å². The Hall–Kier alpha value is -3.15. The first-order valence-corrected chi connectivity index (χ1v) is 14.0. The van der Waals surface area contributed by atoms with E-state index in [1.54, 1.807) is 17.8 Å². The van der Waals surface area contributed by atoms with Gasteiger partial charge in [0.15, 0.2) is 6.10 Å². The van der Waals surface area contributed by atoms with Crippen molar-refractivity contribution in [2.45, 2.75) is 30.3 Å². The van der Waals surface area contributed by atoms with E-state index in [1.165, 1.54) is 42.8 Å². The van der Waals surface area contributed by atoms with Crippen molar-refractivity contribution in [3.8, 4) is 28.4 Å². The van der Waals surface area contributed by atoms with E-state index in [2.05, 4.69) is 65.8 Å². The Bertz CT molecular complexity index is 1380. The normalized spacial score (nSPS) is 17.3. The molecule has 0 bridgehead atoms. The van der Waals surface area contributed by atoms with Crippen LogP contribution in [-0.4, -0.2) is 42.5 Å². The number of fused-ring (bicyclic) bond motifs is 5. The first kappa shape index (κ1) is 23.3. The second kappa shape index (κ2) is 10.1. The lowest BCUT2D eigenvalue weighted by atomic mass is 9.86. The number of phenolic OH excluding ortho intramolecular Hbond substituents is 1. The van der Waals surface area contributed by atoms with E-state index in [9.17, 15) is 5.11 Å². The summed E-state index contributed by atoms with van der Waals surface area (Å²) in [7, 11) is 0. The molecule has 2 aliphatic rings. The van der Waals surface area contributed by atoms with Crippen LogP contribution in [0.5, 0.6) is 17.2 Å². The molecule has 6 rings (SSSR count). The molecule has 0 aliphatic carbocycles. The van der Waals surface area contributed by atoms with Crippen LogP contribution in [0, 0.1) is 0 Å². The fraction of sp³-hybridized carbons (Fsp3) is 0.290. The number of phenols is 1. The zero-order chi connectivity index (χ0) is 24.5. The second-order valence-electron chi connectivity index (χ2n) is 9.61. The topological polar surface area (TPSA) is 41.9 Å². The summed E-state index contributed by atoms with van der Waals surface area (Å²) in [6, 6.07) is 24.6. The molecule has 0 amide bonds. The molecule has 1 atom stereocenters. The third-order valence-electron chi connectivity index (χ3n) is 7.34. The third-order valence-corrected chi connectivity index (χ3v) is 8.06. The minimum atomic E-state index is -0.250. The predicted octanol–water partition coefficient (Wildman–Crippen LogP) is 7.28. The number of hydrogen-bond donors (Lipinski definition) is 1. The largest absolute Gasteiger partial charge is 0.508 e. The van der Waals surface area contributed by atoms with Crippen LogP contribution < -0.4 is 9.47 Å². The van der Waals surface area contributed by atoms with Gasteiger partial charge in [-0.3, -0.25) is 4.90 Å². The van der Waals surface area contributed by atoms with Gasteiger partial charge in [0.2, 0.25) is 0 Å². The smallest absolute Gasteiger partial charge is 0.150 e. The van der Waals surface area contributed by atoms with E-state index >= 15 is 0 Å². The second-order valence-corrected chi connectivity index (χ2v) is 10.5. The maximum absolute atomic E-state index is 10.1. The summed E-state index contributed by atoms with van der Waals surface area (Å²) in [5.74, 6) is 2.06. The average molecular weight is 498 g/mol. The molecule has 4 aromatic carbocycles. The van der Waals surface area contributed by atoms with Crippen molar-refractivity contribution < 1.29 is 14.6 Å². The molecule has 1 unspecified atom stereocenters. The van der Waals surface area contributed by atoms with Gasteiger partial charge in [-0.05, 0) is 96.6 Å². The van der Waals surface area contributed by atoms with Gasteiger partial charge in [0.25, 0.3) is 0 Å². The summed E-state index contributed by atoms with van der Waals surface area (Å²) in [5.41, 5.74) is 4.50. The summed E-state index contributed by atoms with van der Waals surface area (Å²) in [5, 5.41) is 12.2. The summed E-state index contributed by atoms with van der Waals surface area (Å²) < 4.78 is 12.8. The average Bonchev–Trinajstić information content (AvgIpc) is 2.92. The first-order chi connectivity index (χ1) is 17.7. The van der Waals surface area contributed by atoms with Crippen molar-refractivity contribution in [1.29, 1.82) is 0 Å². The minimum Gasteiger partial charge on any atom is -0.508 e. The number of aromatic hydroxyl groups is 1. The van der Waals surface area contributed by atoms with Gasteiger partial charge in [-0.15, -0.1) is 11.8 Å². The van der Waals surface area contributed by atoms with Crippen LogP contribution in [0.4, 0.5) is 0 Å². The van der Waals surface area contributed by atoms with Crippen LogP contribution in [0.25, 0.3) is 21.9 Å². The third kappa shape index (κ3) is 4.54. The van der Waals surface area contributed by atoms with Gasteiger partial charge in [0, 0.05) is 22.6 Å². The van der Waals surface area contributed by atoms with Crippen LogP contribution in [0.2, 0.25) is 0 Å². The zero-order valence-corrected chi connectivity index (χ0v) is 21.4. The van der Waals surface area contributed by atoms with Gasteiger partial charge in [0.1, 0.15) is 23.9 Å². The highest BCUT2D eigenvalue weighted by Gasteiger charge is 2.29. The highest BCUT2D eigenvalue weighted by atomic mass is 32.2. The number of nitrogens with zero attached hydrogens (tertiary/aromatic N) is 1. The van der Waals surface area contributed by atoms with Crippen molar-refractivity contribution in [2.75, 3.05) is 32.5 Å². The molecular formula is C31H31NO3S. The zero-order valence-electron chi connectivity index (χ0n) is 20.6. The molecule has 0 saturated carbocycles. The Kier molecular flexibility index (Phi) is 6.51. The SMILES string of the molecule is CSc1ccc2c(c1)OC(c1ccc(OCCN3CCCCC3)cc1)c1c-2ccc2cc(O)ccc12. The molecule has 0 aromatic heterocycles. The van der Waals surface area contributed by atoms with Crippen molar-refractivity contribution in [3.05, 3.63) is 83.9 Å². The number of thioether (sulfide) groups is 1. The van der Waals surface area contributed by atoms with E-state index in [0.29, 0.717) is 6.61 Å². The summed E-state index contributed by atoms with van der Waals surface area (Å²) in [4.78, 5) is 3.67. The molecule has 5 heteroatoms. The van der Waals surface area contributed by atoms with E-state index in [1.807, 2.05) is 12.1 Å². The van der Waals surface area contributed by atoms with Crippen LogP contribution >= 0.6 is 11.8 Å². The maximum Gasteiger partial charge on any atom is 0.150 e. The van der Waals surface area contributed by atoms with Gasteiger partial charge >= 0.3 is 0 Å². The molecule has 4 aromatic rings. The van der Waals surface area contributed by atoms with Crippen molar-refractivity contribution in [3.63, 3.8) is 0 Å². The van der Waals surface area contributed by atoms with Crippen LogP contribution in [0.1, 0.15) is 36.5 Å².